The van der Waals surface area contributed by atoms with Crippen molar-refractivity contribution in [2.24, 2.45) is 4.99 Å². The first-order valence-electron chi connectivity index (χ1n) is 9.23. The summed E-state index contributed by atoms with van der Waals surface area (Å²) in [7, 11) is 3.18. The van der Waals surface area contributed by atoms with Crippen molar-refractivity contribution in [2.45, 2.75) is 25.7 Å². The molecule has 1 atom stereocenters. The first-order chi connectivity index (χ1) is 14.1. The predicted molar refractivity (Wildman–Crippen MR) is 107 cm³/mol. The number of rotatable bonds is 6. The number of aliphatic imine (C=N–C) groups is 1. The average Bonchev–Trinajstić information content (AvgIpc) is 2.70. The van der Waals surface area contributed by atoms with Crippen molar-refractivity contribution in [1.82, 2.24) is 15.5 Å². The Balaban J connectivity index is 2.25. The van der Waals surface area contributed by atoms with E-state index in [1.165, 1.54) is 4.90 Å². The summed E-state index contributed by atoms with van der Waals surface area (Å²) in [4.78, 5) is 17.5. The van der Waals surface area contributed by atoms with Crippen LogP contribution in [0.3, 0.4) is 0 Å². The number of nitrogens with one attached hydrogen (secondary N) is 2. The maximum Gasteiger partial charge on any atom is 0.416 e. The van der Waals surface area contributed by atoms with Gasteiger partial charge < -0.3 is 15.5 Å². The predicted octanol–water partition coefficient (Wildman–Crippen LogP) is 3.73. The maximum absolute atomic E-state index is 13.3. The van der Waals surface area contributed by atoms with Crippen LogP contribution < -0.4 is 10.6 Å². The van der Waals surface area contributed by atoms with Gasteiger partial charge in [-0.15, -0.1) is 0 Å². The molecule has 0 aromatic heterocycles. The number of hydrogen-bond donors (Lipinski definition) is 2. The SMILES string of the molecule is CC(NC(=NCc1ccc(F)cc1C(F)(F)F)NCC(=O)N(C)C)c1ccccc1. The molecular weight excluding hydrogens is 400 g/mol. The lowest BCUT2D eigenvalue weighted by molar-refractivity contribution is -0.138. The van der Waals surface area contributed by atoms with E-state index in [4.69, 9.17) is 0 Å². The zero-order valence-electron chi connectivity index (χ0n) is 16.9. The second-order valence-corrected chi connectivity index (χ2v) is 6.88. The van der Waals surface area contributed by atoms with Crippen molar-refractivity contribution < 1.29 is 22.4 Å². The third kappa shape index (κ3) is 6.75. The molecule has 0 aliphatic rings. The Kier molecular flexibility index (Phi) is 7.79. The second-order valence-electron chi connectivity index (χ2n) is 6.88. The molecule has 0 saturated heterocycles. The van der Waals surface area contributed by atoms with Crippen molar-refractivity contribution in [3.63, 3.8) is 0 Å². The molecule has 0 fully saturated rings. The molecule has 0 aliphatic heterocycles. The van der Waals surface area contributed by atoms with Gasteiger partial charge in [0.2, 0.25) is 5.91 Å². The van der Waals surface area contributed by atoms with E-state index in [1.54, 1.807) is 14.1 Å². The molecule has 30 heavy (non-hydrogen) atoms. The summed E-state index contributed by atoms with van der Waals surface area (Å²) < 4.78 is 53.0. The molecule has 2 N–H and O–H groups in total. The van der Waals surface area contributed by atoms with Crippen LogP contribution in [0.15, 0.2) is 53.5 Å². The molecule has 0 aliphatic carbocycles. The molecule has 9 heteroatoms. The minimum absolute atomic E-state index is 0.0874. The summed E-state index contributed by atoms with van der Waals surface area (Å²) in [5.41, 5.74) is -0.314. The third-order valence-electron chi connectivity index (χ3n) is 4.34. The summed E-state index contributed by atoms with van der Waals surface area (Å²) in [6.45, 7) is 1.43. The van der Waals surface area contributed by atoms with Gasteiger partial charge in [-0.2, -0.15) is 13.2 Å². The quantitative estimate of drug-likeness (QED) is 0.422. The van der Waals surface area contributed by atoms with E-state index in [1.807, 2.05) is 37.3 Å². The Labute approximate surface area is 172 Å². The summed E-state index contributed by atoms with van der Waals surface area (Å²) >= 11 is 0. The van der Waals surface area contributed by atoms with E-state index in [0.717, 1.165) is 17.7 Å². The van der Waals surface area contributed by atoms with E-state index in [0.29, 0.717) is 6.07 Å². The van der Waals surface area contributed by atoms with Crippen LogP contribution in [0.25, 0.3) is 0 Å². The van der Waals surface area contributed by atoms with Crippen LogP contribution in [-0.4, -0.2) is 37.4 Å². The summed E-state index contributed by atoms with van der Waals surface area (Å²) in [5, 5.41) is 5.91. The van der Waals surface area contributed by atoms with Gasteiger partial charge >= 0.3 is 6.18 Å². The van der Waals surface area contributed by atoms with Gasteiger partial charge in [-0.1, -0.05) is 36.4 Å². The Morgan fingerprint density at radius 3 is 2.40 bits per heavy atom. The van der Waals surface area contributed by atoms with Crippen LogP contribution >= 0.6 is 0 Å². The minimum Gasteiger partial charge on any atom is -0.350 e. The molecule has 0 spiro atoms. The lowest BCUT2D eigenvalue weighted by atomic mass is 10.1. The van der Waals surface area contributed by atoms with E-state index >= 15 is 0 Å². The molecular formula is C21H24F4N4O. The lowest BCUT2D eigenvalue weighted by Crippen LogP contribution is -2.43. The Morgan fingerprint density at radius 1 is 1.13 bits per heavy atom. The van der Waals surface area contributed by atoms with Gasteiger partial charge in [0.05, 0.1) is 24.7 Å². The number of nitrogens with zero attached hydrogens (tertiary/aromatic N) is 2. The van der Waals surface area contributed by atoms with Gasteiger partial charge in [-0.3, -0.25) is 4.79 Å². The van der Waals surface area contributed by atoms with Crippen LogP contribution in [0.1, 0.15) is 29.7 Å². The van der Waals surface area contributed by atoms with Crippen molar-refractivity contribution in [3.05, 3.63) is 71.0 Å². The van der Waals surface area contributed by atoms with Gasteiger partial charge in [0.1, 0.15) is 5.82 Å². The highest BCUT2D eigenvalue weighted by Crippen LogP contribution is 2.32. The normalized spacial score (nSPS) is 13.0. The smallest absolute Gasteiger partial charge is 0.350 e. The Morgan fingerprint density at radius 2 is 1.80 bits per heavy atom. The van der Waals surface area contributed by atoms with E-state index in [-0.39, 0.29) is 36.6 Å². The van der Waals surface area contributed by atoms with Gasteiger partial charge in [0.25, 0.3) is 0 Å². The van der Waals surface area contributed by atoms with Crippen LogP contribution in [0.5, 0.6) is 0 Å². The summed E-state index contributed by atoms with van der Waals surface area (Å²) in [6, 6.07) is 11.6. The molecule has 0 radical (unpaired) electrons. The van der Waals surface area contributed by atoms with Crippen molar-refractivity contribution in [2.75, 3.05) is 20.6 Å². The third-order valence-corrected chi connectivity index (χ3v) is 4.34. The molecule has 1 unspecified atom stereocenters. The number of amides is 1. The van der Waals surface area contributed by atoms with Gasteiger partial charge in [0, 0.05) is 14.1 Å². The number of hydrogen-bond acceptors (Lipinski definition) is 2. The van der Waals surface area contributed by atoms with Crippen LogP contribution in [-0.2, 0) is 17.5 Å². The van der Waals surface area contributed by atoms with Crippen molar-refractivity contribution >= 4 is 11.9 Å². The first kappa shape index (κ1) is 23.2. The summed E-state index contributed by atoms with van der Waals surface area (Å²) in [5.74, 6) is -1.03. The molecule has 2 aromatic rings. The van der Waals surface area contributed by atoms with Crippen molar-refractivity contribution in [3.8, 4) is 0 Å². The highest BCUT2D eigenvalue weighted by molar-refractivity contribution is 5.86. The Hall–Kier alpha value is -3.10. The molecule has 1 amide bonds. The molecule has 0 saturated carbocycles. The number of alkyl halides is 3. The van der Waals surface area contributed by atoms with Crippen molar-refractivity contribution in [1.29, 1.82) is 0 Å². The average molecular weight is 424 g/mol. The lowest BCUT2D eigenvalue weighted by Gasteiger charge is -2.20. The standard InChI is InChI=1S/C21H24F4N4O/c1-14(15-7-5-4-6-8-15)28-20(27-13-19(30)29(2)3)26-12-16-9-10-17(22)11-18(16)21(23,24)25/h4-11,14H,12-13H2,1-3H3,(H2,26,27,28). The van der Waals surface area contributed by atoms with Crippen LogP contribution in [0.4, 0.5) is 17.6 Å². The topological polar surface area (TPSA) is 56.7 Å². The highest BCUT2D eigenvalue weighted by Gasteiger charge is 2.33. The zero-order valence-corrected chi connectivity index (χ0v) is 16.9. The number of likely N-dealkylation sites (N-methyl/N-ethyl adjacent to an activating group) is 1. The van der Waals surface area contributed by atoms with Crippen LogP contribution in [0.2, 0.25) is 0 Å². The monoisotopic (exact) mass is 424 g/mol. The molecule has 162 valence electrons. The van der Waals surface area contributed by atoms with Gasteiger partial charge in [-0.05, 0) is 30.2 Å². The molecule has 2 rings (SSSR count). The number of guanidine groups is 1. The fourth-order valence-corrected chi connectivity index (χ4v) is 2.61. The number of halogens is 4. The molecule has 0 heterocycles. The highest BCUT2D eigenvalue weighted by atomic mass is 19.4. The molecule has 5 nitrogen and oxygen atoms in total. The van der Waals surface area contributed by atoms with E-state index in [9.17, 15) is 22.4 Å². The number of carbonyl (C=O) groups excluding carboxylic acids is 1. The van der Waals surface area contributed by atoms with E-state index < -0.39 is 17.6 Å². The Bertz CT molecular complexity index is 882. The largest absolute Gasteiger partial charge is 0.416 e. The van der Waals surface area contributed by atoms with E-state index in [2.05, 4.69) is 15.6 Å². The second kappa shape index (κ2) is 10.1. The van der Waals surface area contributed by atoms with Crippen LogP contribution in [0, 0.1) is 5.82 Å². The van der Waals surface area contributed by atoms with Gasteiger partial charge in [0.15, 0.2) is 5.96 Å². The zero-order chi connectivity index (χ0) is 22.3. The minimum atomic E-state index is -4.70. The number of benzene rings is 2. The van der Waals surface area contributed by atoms with Gasteiger partial charge in [-0.25, -0.2) is 9.38 Å². The number of carbonyl (C=O) groups is 1. The molecule has 0 bridgehead atoms. The molecule has 2 aromatic carbocycles. The fraction of sp³-hybridized carbons (Fsp3) is 0.333. The maximum atomic E-state index is 13.3. The first-order valence-corrected chi connectivity index (χ1v) is 9.23. The summed E-state index contributed by atoms with van der Waals surface area (Å²) in [6.07, 6.45) is -4.70. The fourth-order valence-electron chi connectivity index (χ4n) is 2.61.